The van der Waals surface area contributed by atoms with Crippen LogP contribution in [-0.4, -0.2) is 12.8 Å². The second-order valence-electron chi connectivity index (χ2n) is 2.78. The van der Waals surface area contributed by atoms with Gasteiger partial charge >= 0.3 is 0 Å². The largest absolute Gasteiger partial charge is 0.320 e. The van der Waals surface area contributed by atoms with Gasteiger partial charge in [0.2, 0.25) is 0 Å². The van der Waals surface area contributed by atoms with E-state index in [0.717, 1.165) is 19.0 Å². The van der Waals surface area contributed by atoms with Crippen molar-refractivity contribution >= 4 is 7.14 Å². The predicted octanol–water partition coefficient (Wildman–Crippen LogP) is 2.68. The highest BCUT2D eigenvalue weighted by Gasteiger charge is 2.11. The van der Waals surface area contributed by atoms with Gasteiger partial charge in [-0.2, -0.15) is 0 Å². The molecule has 0 radical (unpaired) electrons. The van der Waals surface area contributed by atoms with E-state index in [-0.39, 0.29) is 0 Å². The summed E-state index contributed by atoms with van der Waals surface area (Å²) in [4.78, 5) is 0. The van der Waals surface area contributed by atoms with Crippen molar-refractivity contribution < 1.29 is 4.57 Å². The SMILES string of the molecule is CP1(=O)C=CCCCC1. The normalized spacial score (nSPS) is 36.1. The fourth-order valence-corrected chi connectivity index (χ4v) is 2.66. The van der Waals surface area contributed by atoms with Gasteiger partial charge in [0.05, 0.1) is 0 Å². The average Bonchev–Trinajstić information content (AvgIpc) is 1.92. The second-order valence-corrected chi connectivity index (χ2v) is 5.87. The Morgan fingerprint density at radius 1 is 1.44 bits per heavy atom. The Labute approximate surface area is 56.5 Å². The van der Waals surface area contributed by atoms with Crippen LogP contribution in [0.2, 0.25) is 0 Å². The molecule has 1 rings (SSSR count). The molecule has 1 nitrogen and oxygen atoms in total. The molecule has 52 valence electrons. The van der Waals surface area contributed by atoms with Gasteiger partial charge in [-0.3, -0.25) is 0 Å². The molecule has 0 aliphatic carbocycles. The van der Waals surface area contributed by atoms with Crippen LogP contribution >= 0.6 is 7.14 Å². The van der Waals surface area contributed by atoms with E-state index in [1.54, 1.807) is 0 Å². The van der Waals surface area contributed by atoms with E-state index in [1.165, 1.54) is 6.42 Å². The predicted molar refractivity (Wildman–Crippen MR) is 41.4 cm³/mol. The fourth-order valence-electron chi connectivity index (χ4n) is 1.06. The summed E-state index contributed by atoms with van der Waals surface area (Å²) in [5, 5.41) is 0. The maximum absolute atomic E-state index is 11.4. The number of allylic oxidation sites excluding steroid dienone is 1. The zero-order valence-electron chi connectivity index (χ0n) is 5.84. The molecule has 0 saturated heterocycles. The highest BCUT2D eigenvalue weighted by atomic mass is 31.2. The van der Waals surface area contributed by atoms with E-state index < -0.39 is 7.14 Å². The molecule has 0 fully saturated rings. The molecular weight excluding hydrogens is 131 g/mol. The van der Waals surface area contributed by atoms with Crippen LogP contribution in [0.4, 0.5) is 0 Å². The van der Waals surface area contributed by atoms with E-state index in [0.29, 0.717) is 0 Å². The molecule has 0 amide bonds. The molecule has 1 aliphatic heterocycles. The monoisotopic (exact) mass is 144 g/mol. The molecule has 0 N–H and O–H groups in total. The van der Waals surface area contributed by atoms with E-state index in [9.17, 15) is 4.57 Å². The lowest BCUT2D eigenvalue weighted by molar-refractivity contribution is 0.582. The van der Waals surface area contributed by atoms with Crippen molar-refractivity contribution in [3.63, 3.8) is 0 Å². The first-order valence-electron chi connectivity index (χ1n) is 3.45. The van der Waals surface area contributed by atoms with Crippen molar-refractivity contribution in [1.29, 1.82) is 0 Å². The summed E-state index contributed by atoms with van der Waals surface area (Å²) in [5.41, 5.74) is 0. The molecule has 0 aromatic heterocycles. The van der Waals surface area contributed by atoms with Crippen LogP contribution in [0.25, 0.3) is 0 Å². The van der Waals surface area contributed by atoms with Gasteiger partial charge in [-0.25, -0.2) is 0 Å². The van der Waals surface area contributed by atoms with Crippen LogP contribution in [0.3, 0.4) is 0 Å². The van der Waals surface area contributed by atoms with Crippen molar-refractivity contribution in [3.8, 4) is 0 Å². The Morgan fingerprint density at radius 3 is 3.00 bits per heavy atom. The molecule has 0 aromatic rings. The van der Waals surface area contributed by atoms with E-state index >= 15 is 0 Å². The lowest BCUT2D eigenvalue weighted by atomic mass is 10.3. The maximum Gasteiger partial charge on any atom is 0.105 e. The summed E-state index contributed by atoms with van der Waals surface area (Å²) in [6.45, 7) is 1.87. The Bertz CT molecular complexity index is 160. The van der Waals surface area contributed by atoms with Crippen molar-refractivity contribution in [3.05, 3.63) is 11.9 Å². The van der Waals surface area contributed by atoms with Gasteiger partial charge in [0.1, 0.15) is 7.14 Å². The number of hydrogen-bond acceptors (Lipinski definition) is 1. The van der Waals surface area contributed by atoms with E-state index in [4.69, 9.17) is 0 Å². The van der Waals surface area contributed by atoms with Gasteiger partial charge < -0.3 is 4.57 Å². The highest BCUT2D eigenvalue weighted by Crippen LogP contribution is 2.45. The van der Waals surface area contributed by atoms with Gasteiger partial charge in [-0.1, -0.05) is 6.08 Å². The molecule has 1 unspecified atom stereocenters. The smallest absolute Gasteiger partial charge is 0.105 e. The lowest BCUT2D eigenvalue weighted by Crippen LogP contribution is -1.81. The number of rotatable bonds is 0. The molecule has 0 aromatic carbocycles. The third-order valence-electron chi connectivity index (χ3n) is 1.64. The highest BCUT2D eigenvalue weighted by molar-refractivity contribution is 7.66. The standard InChI is InChI=1S/C7H13OP/c1-9(8)6-4-2-3-5-7-9/h4,6H,2-3,5,7H2,1H3. The molecule has 1 heterocycles. The van der Waals surface area contributed by atoms with Gasteiger partial charge in [0.25, 0.3) is 0 Å². The van der Waals surface area contributed by atoms with Gasteiger partial charge in [-0.05, 0) is 31.7 Å². The summed E-state index contributed by atoms with van der Waals surface area (Å²) >= 11 is 0. The van der Waals surface area contributed by atoms with Crippen LogP contribution in [0, 0.1) is 0 Å². The Balaban J connectivity index is 2.63. The molecule has 1 atom stereocenters. The van der Waals surface area contributed by atoms with Gasteiger partial charge in [0, 0.05) is 6.16 Å². The molecule has 1 aliphatic rings. The summed E-state index contributed by atoms with van der Waals surface area (Å²) < 4.78 is 11.4. The first-order chi connectivity index (χ1) is 4.21. The van der Waals surface area contributed by atoms with Crippen molar-refractivity contribution in [2.45, 2.75) is 19.3 Å². The molecule has 2 heteroatoms. The summed E-state index contributed by atoms with van der Waals surface area (Å²) in [6, 6.07) is 0. The zero-order chi connectivity index (χ0) is 6.74. The average molecular weight is 144 g/mol. The molecular formula is C7H13OP. The summed E-state index contributed by atoms with van der Waals surface area (Å²) in [5.74, 6) is 1.92. The first kappa shape index (κ1) is 7.08. The molecule has 0 saturated carbocycles. The van der Waals surface area contributed by atoms with Gasteiger partial charge in [0.15, 0.2) is 0 Å². The molecule has 9 heavy (non-hydrogen) atoms. The Hall–Kier alpha value is -0.0300. The molecule has 0 spiro atoms. The van der Waals surface area contributed by atoms with Crippen LogP contribution < -0.4 is 0 Å². The quantitative estimate of drug-likeness (QED) is 0.477. The van der Waals surface area contributed by atoms with Crippen LogP contribution in [0.1, 0.15) is 19.3 Å². The van der Waals surface area contributed by atoms with Crippen LogP contribution in [0.5, 0.6) is 0 Å². The van der Waals surface area contributed by atoms with Gasteiger partial charge in [-0.15, -0.1) is 0 Å². The maximum atomic E-state index is 11.4. The summed E-state index contributed by atoms with van der Waals surface area (Å²) in [7, 11) is -1.81. The minimum absolute atomic E-state index is 0.920. The second kappa shape index (κ2) is 2.70. The summed E-state index contributed by atoms with van der Waals surface area (Å²) in [6.07, 6.45) is 6.46. The lowest BCUT2D eigenvalue weighted by Gasteiger charge is -2.02. The van der Waals surface area contributed by atoms with Crippen LogP contribution in [-0.2, 0) is 4.57 Å². The minimum atomic E-state index is -1.81. The Kier molecular flexibility index (Phi) is 2.13. The minimum Gasteiger partial charge on any atom is -0.320 e. The number of hydrogen-bond donors (Lipinski definition) is 0. The Morgan fingerprint density at radius 2 is 2.22 bits per heavy atom. The molecule has 0 bridgehead atoms. The first-order valence-corrected chi connectivity index (χ1v) is 5.85. The topological polar surface area (TPSA) is 17.1 Å². The third-order valence-corrected chi connectivity index (χ3v) is 3.69. The fraction of sp³-hybridized carbons (Fsp3) is 0.714. The zero-order valence-corrected chi connectivity index (χ0v) is 6.73. The third kappa shape index (κ3) is 2.36. The van der Waals surface area contributed by atoms with Crippen molar-refractivity contribution in [2.24, 2.45) is 0 Å². The van der Waals surface area contributed by atoms with E-state index in [1.807, 2.05) is 12.5 Å². The van der Waals surface area contributed by atoms with Crippen LogP contribution in [0.15, 0.2) is 11.9 Å². The van der Waals surface area contributed by atoms with Crippen molar-refractivity contribution in [1.82, 2.24) is 0 Å². The van der Waals surface area contributed by atoms with Crippen molar-refractivity contribution in [2.75, 3.05) is 12.8 Å². The van der Waals surface area contributed by atoms with E-state index in [2.05, 4.69) is 6.08 Å².